The average molecular weight is 558 g/mol. The Labute approximate surface area is 214 Å². The van der Waals surface area contributed by atoms with E-state index in [1.807, 2.05) is 0 Å². The van der Waals surface area contributed by atoms with Crippen molar-refractivity contribution in [2.24, 2.45) is 5.73 Å². The predicted molar refractivity (Wildman–Crippen MR) is 125 cm³/mol. The number of hydrogen-bond donors (Lipinski definition) is 1. The summed E-state index contributed by atoms with van der Waals surface area (Å²) in [5.74, 6) is -2.53. The van der Waals surface area contributed by atoms with Crippen LogP contribution in [0.4, 0.5) is 32.4 Å². The van der Waals surface area contributed by atoms with Crippen molar-refractivity contribution in [3.8, 4) is 10.4 Å². The van der Waals surface area contributed by atoms with E-state index >= 15 is 0 Å². The number of hydrogen-bond acceptors (Lipinski definition) is 7. The number of nitrogens with zero attached hydrogens (tertiary/aromatic N) is 5. The standard InChI is InChI=1S/C22H19F5N6O4S/c1-30-8-13-6-12(2-4-16(13)33(20(30)35)37-19(34)22(25,26)27)17-5-3-15(38-17)10-31-11-29-32(21(31)36)9-14(7-28)18(23)24/h2-6,11H,7-10,28H2,1H3. The number of fused-ring (bicyclic) bond motifs is 1. The number of hydroxylamine groups is 1. The van der Waals surface area contributed by atoms with Crippen LogP contribution in [0.1, 0.15) is 10.4 Å². The molecule has 1 aromatic carbocycles. The second-order valence-electron chi connectivity index (χ2n) is 8.19. The van der Waals surface area contributed by atoms with Crippen LogP contribution < -0.4 is 16.5 Å². The lowest BCUT2D eigenvalue weighted by atomic mass is 10.1. The minimum Gasteiger partial charge on any atom is -0.327 e. The van der Waals surface area contributed by atoms with E-state index in [9.17, 15) is 36.3 Å². The largest absolute Gasteiger partial charge is 0.493 e. The van der Waals surface area contributed by atoms with E-state index in [4.69, 9.17) is 5.73 Å². The number of amides is 2. The molecular weight excluding hydrogens is 539 g/mol. The first-order valence-electron chi connectivity index (χ1n) is 10.8. The van der Waals surface area contributed by atoms with Gasteiger partial charge in [0.05, 0.1) is 18.8 Å². The number of anilines is 1. The number of rotatable bonds is 7. The highest BCUT2D eigenvalue weighted by Gasteiger charge is 2.45. The first-order chi connectivity index (χ1) is 17.9. The molecule has 1 aliphatic rings. The van der Waals surface area contributed by atoms with Gasteiger partial charge in [0.1, 0.15) is 6.33 Å². The molecule has 0 spiro atoms. The zero-order valence-electron chi connectivity index (χ0n) is 19.5. The van der Waals surface area contributed by atoms with E-state index in [1.54, 1.807) is 24.3 Å². The van der Waals surface area contributed by atoms with Crippen LogP contribution in [-0.4, -0.2) is 51.0 Å². The number of benzene rings is 1. The Hall–Kier alpha value is -4.05. The summed E-state index contributed by atoms with van der Waals surface area (Å²) in [6.07, 6.45) is -6.01. The van der Waals surface area contributed by atoms with Gasteiger partial charge in [-0.2, -0.15) is 27.1 Å². The summed E-state index contributed by atoms with van der Waals surface area (Å²) in [4.78, 5) is 43.1. The fourth-order valence-electron chi connectivity index (χ4n) is 3.62. The molecule has 0 unspecified atom stereocenters. The third-order valence-corrected chi connectivity index (χ3v) is 6.65. The molecule has 2 N–H and O–H groups in total. The van der Waals surface area contributed by atoms with Crippen LogP contribution in [0.25, 0.3) is 10.4 Å². The predicted octanol–water partition coefficient (Wildman–Crippen LogP) is 3.32. The highest BCUT2D eigenvalue weighted by Crippen LogP contribution is 2.36. The Balaban J connectivity index is 1.55. The van der Waals surface area contributed by atoms with Gasteiger partial charge in [-0.3, -0.25) is 4.57 Å². The summed E-state index contributed by atoms with van der Waals surface area (Å²) < 4.78 is 65.9. The van der Waals surface area contributed by atoms with E-state index < -0.39 is 48.6 Å². The Bertz CT molecular complexity index is 1470. The van der Waals surface area contributed by atoms with Crippen molar-refractivity contribution in [1.82, 2.24) is 19.2 Å². The van der Waals surface area contributed by atoms with Gasteiger partial charge in [0.15, 0.2) is 0 Å². The second kappa shape index (κ2) is 10.4. The van der Waals surface area contributed by atoms with Gasteiger partial charge in [0.2, 0.25) is 0 Å². The maximum atomic E-state index is 12.9. The maximum Gasteiger partial charge on any atom is 0.493 e. The van der Waals surface area contributed by atoms with Gasteiger partial charge in [0, 0.05) is 35.5 Å². The molecule has 0 bridgehead atoms. The van der Waals surface area contributed by atoms with Gasteiger partial charge in [0.25, 0.3) is 6.08 Å². The Morgan fingerprint density at radius 3 is 2.58 bits per heavy atom. The molecule has 38 heavy (non-hydrogen) atoms. The zero-order chi connectivity index (χ0) is 27.8. The monoisotopic (exact) mass is 558 g/mol. The van der Waals surface area contributed by atoms with Crippen molar-refractivity contribution in [2.45, 2.75) is 25.8 Å². The maximum absolute atomic E-state index is 12.9. The van der Waals surface area contributed by atoms with Gasteiger partial charge < -0.3 is 15.5 Å². The number of nitrogens with two attached hydrogens (primary N) is 1. The lowest BCUT2D eigenvalue weighted by Crippen LogP contribution is -2.48. The van der Waals surface area contributed by atoms with Gasteiger partial charge in [-0.1, -0.05) is 6.07 Å². The van der Waals surface area contributed by atoms with Crippen molar-refractivity contribution >= 4 is 29.0 Å². The topological polar surface area (TPSA) is 116 Å². The van der Waals surface area contributed by atoms with E-state index in [1.165, 1.54) is 35.3 Å². The number of urea groups is 1. The summed E-state index contributed by atoms with van der Waals surface area (Å²) in [5, 5.41) is 4.16. The fraction of sp³-hybridized carbons (Fsp3) is 0.273. The average Bonchev–Trinajstić information content (AvgIpc) is 3.46. The minimum absolute atomic E-state index is 0.000750. The molecule has 0 fully saturated rings. The second-order valence-corrected chi connectivity index (χ2v) is 9.35. The van der Waals surface area contributed by atoms with Gasteiger partial charge in [-0.25, -0.2) is 19.1 Å². The first kappa shape index (κ1) is 27.0. The van der Waals surface area contributed by atoms with E-state index in [0.29, 0.717) is 16.2 Å². The molecule has 0 atom stereocenters. The molecule has 3 aromatic rings. The van der Waals surface area contributed by atoms with Crippen LogP contribution in [-0.2, 0) is 29.3 Å². The summed E-state index contributed by atoms with van der Waals surface area (Å²) in [5.41, 5.74) is 5.40. The van der Waals surface area contributed by atoms with Crippen molar-refractivity contribution in [3.63, 3.8) is 0 Å². The molecule has 2 aromatic heterocycles. The van der Waals surface area contributed by atoms with Crippen molar-refractivity contribution in [2.75, 3.05) is 18.7 Å². The molecule has 10 nitrogen and oxygen atoms in total. The molecule has 1 aliphatic heterocycles. The van der Waals surface area contributed by atoms with Crippen LogP contribution in [0, 0.1) is 0 Å². The summed E-state index contributed by atoms with van der Waals surface area (Å²) >= 11 is 1.31. The molecule has 202 valence electrons. The summed E-state index contributed by atoms with van der Waals surface area (Å²) in [7, 11) is 1.35. The molecule has 16 heteroatoms. The van der Waals surface area contributed by atoms with E-state index in [0.717, 1.165) is 19.3 Å². The minimum atomic E-state index is -5.28. The number of aromatic nitrogens is 3. The highest BCUT2D eigenvalue weighted by atomic mass is 32.1. The number of carbonyl (C=O) groups is 2. The number of carbonyl (C=O) groups excluding carboxylic acids is 2. The van der Waals surface area contributed by atoms with Crippen molar-refractivity contribution in [3.05, 3.63) is 69.2 Å². The lowest BCUT2D eigenvalue weighted by Gasteiger charge is -2.33. The van der Waals surface area contributed by atoms with Crippen LogP contribution in [0.15, 0.2) is 53.1 Å². The quantitative estimate of drug-likeness (QED) is 0.445. The van der Waals surface area contributed by atoms with Crippen LogP contribution in [0.2, 0.25) is 0 Å². The number of halogens is 5. The fourth-order valence-corrected chi connectivity index (χ4v) is 4.63. The Morgan fingerprint density at radius 1 is 1.18 bits per heavy atom. The van der Waals surface area contributed by atoms with Gasteiger partial charge >= 0.3 is 23.9 Å². The summed E-state index contributed by atoms with van der Waals surface area (Å²) in [6, 6.07) is 7.17. The van der Waals surface area contributed by atoms with Gasteiger partial charge in [-0.05, 0) is 35.4 Å². The molecule has 2 amide bonds. The molecule has 3 heterocycles. The number of alkyl halides is 3. The number of thiophene rings is 1. The van der Waals surface area contributed by atoms with E-state index in [2.05, 4.69) is 9.94 Å². The van der Waals surface area contributed by atoms with Crippen molar-refractivity contribution in [1.29, 1.82) is 0 Å². The van der Waals surface area contributed by atoms with E-state index in [-0.39, 0.29) is 18.8 Å². The van der Waals surface area contributed by atoms with Crippen molar-refractivity contribution < 1.29 is 36.4 Å². The lowest BCUT2D eigenvalue weighted by molar-refractivity contribution is -0.200. The molecule has 0 radical (unpaired) electrons. The van der Waals surface area contributed by atoms with Crippen LogP contribution in [0.3, 0.4) is 0 Å². The molecular formula is C22H19F5N6O4S. The van der Waals surface area contributed by atoms with Crippen LogP contribution >= 0.6 is 11.3 Å². The van der Waals surface area contributed by atoms with Gasteiger partial charge in [-0.15, -0.1) is 16.4 Å². The third-order valence-electron chi connectivity index (χ3n) is 5.54. The Morgan fingerprint density at radius 2 is 1.92 bits per heavy atom. The SMILES string of the molecule is CN1Cc2cc(-c3ccc(Cn4cnn(CC(CN)=C(F)F)c4=O)s3)ccc2N(OC(=O)C(F)(F)F)C1=O. The molecule has 0 aliphatic carbocycles. The highest BCUT2D eigenvalue weighted by molar-refractivity contribution is 7.15. The first-order valence-corrected chi connectivity index (χ1v) is 11.6. The normalized spacial score (nSPS) is 13.5. The Kier molecular flexibility index (Phi) is 7.37. The summed E-state index contributed by atoms with van der Waals surface area (Å²) in [6.45, 7) is -0.662. The molecule has 0 saturated carbocycles. The van der Waals surface area contributed by atoms with Crippen LogP contribution in [0.5, 0.6) is 0 Å². The molecule has 0 saturated heterocycles. The molecule has 4 rings (SSSR count). The zero-order valence-corrected chi connectivity index (χ0v) is 20.4. The smallest absolute Gasteiger partial charge is 0.327 e. The third kappa shape index (κ3) is 5.45.